The average Bonchev–Trinajstić information content (AvgIpc) is 2.55. The first-order valence-electron chi connectivity index (χ1n) is 7.01. The molecule has 2 aromatic rings. The largest absolute Gasteiger partial charge is 0.497 e. The molecule has 0 atom stereocenters. The number of hydrogen-bond donors (Lipinski definition) is 1. The van der Waals surface area contributed by atoms with Crippen LogP contribution in [0.3, 0.4) is 0 Å². The molecule has 0 aliphatic carbocycles. The van der Waals surface area contributed by atoms with Gasteiger partial charge in [0.2, 0.25) is 5.91 Å². The Morgan fingerprint density at radius 1 is 1.12 bits per heavy atom. The molecule has 0 fully saturated rings. The molecule has 5 nitrogen and oxygen atoms in total. The average molecular weight is 456 g/mol. The molecule has 0 bridgehead atoms. The van der Waals surface area contributed by atoms with Gasteiger partial charge in [0.25, 0.3) is 0 Å². The Kier molecular flexibility index (Phi) is 6.81. The van der Waals surface area contributed by atoms with Crippen LogP contribution in [0.15, 0.2) is 50.4 Å². The van der Waals surface area contributed by atoms with Crippen molar-refractivity contribution < 1.29 is 14.3 Å². The lowest BCUT2D eigenvalue weighted by atomic mass is 10.1. The van der Waals surface area contributed by atoms with Crippen LogP contribution >= 0.6 is 31.9 Å². The van der Waals surface area contributed by atoms with E-state index in [1.165, 1.54) is 0 Å². The molecule has 0 unspecified atom stereocenters. The van der Waals surface area contributed by atoms with E-state index in [0.717, 1.165) is 25.8 Å². The number of hydrogen-bond acceptors (Lipinski definition) is 4. The van der Waals surface area contributed by atoms with E-state index in [-0.39, 0.29) is 12.3 Å². The van der Waals surface area contributed by atoms with Gasteiger partial charge < -0.3 is 9.47 Å². The number of carbonyl (C=O) groups is 1. The zero-order valence-electron chi connectivity index (χ0n) is 13.2. The SMILES string of the molecule is COc1ccc(CC(=O)N/N=C\c2cc(Br)c(OC)c(Br)c2)cc1. The van der Waals surface area contributed by atoms with Crippen molar-refractivity contribution in [3.63, 3.8) is 0 Å². The van der Waals surface area contributed by atoms with Gasteiger partial charge in [0.1, 0.15) is 11.5 Å². The molecule has 1 amide bonds. The lowest BCUT2D eigenvalue weighted by Gasteiger charge is -2.07. The van der Waals surface area contributed by atoms with Gasteiger partial charge in [-0.1, -0.05) is 12.1 Å². The Labute approximate surface area is 157 Å². The van der Waals surface area contributed by atoms with Crippen molar-refractivity contribution >= 4 is 44.0 Å². The van der Waals surface area contributed by atoms with Crippen LogP contribution in [0.2, 0.25) is 0 Å². The van der Waals surface area contributed by atoms with Gasteiger partial charge in [-0.05, 0) is 67.3 Å². The second-order valence-electron chi connectivity index (χ2n) is 4.84. The summed E-state index contributed by atoms with van der Waals surface area (Å²) in [6.07, 6.45) is 1.82. The molecule has 0 aliphatic rings. The van der Waals surface area contributed by atoms with Crippen LogP contribution in [0.25, 0.3) is 0 Å². The van der Waals surface area contributed by atoms with Crippen molar-refractivity contribution in [2.45, 2.75) is 6.42 Å². The molecule has 0 saturated carbocycles. The second-order valence-corrected chi connectivity index (χ2v) is 6.54. The van der Waals surface area contributed by atoms with E-state index >= 15 is 0 Å². The number of halogens is 2. The second kappa shape index (κ2) is 8.84. The molecule has 0 saturated heterocycles. The van der Waals surface area contributed by atoms with Crippen LogP contribution in [0.1, 0.15) is 11.1 Å². The molecule has 2 aromatic carbocycles. The van der Waals surface area contributed by atoms with Gasteiger partial charge in [0.15, 0.2) is 0 Å². The number of methoxy groups -OCH3 is 2. The Balaban J connectivity index is 1.94. The van der Waals surface area contributed by atoms with E-state index in [0.29, 0.717) is 5.75 Å². The quantitative estimate of drug-likeness (QED) is 0.530. The van der Waals surface area contributed by atoms with Crippen molar-refractivity contribution in [2.24, 2.45) is 5.10 Å². The van der Waals surface area contributed by atoms with Crippen molar-refractivity contribution in [1.82, 2.24) is 5.43 Å². The Morgan fingerprint density at radius 2 is 1.75 bits per heavy atom. The molecule has 0 heterocycles. The molecule has 126 valence electrons. The van der Waals surface area contributed by atoms with E-state index in [9.17, 15) is 4.79 Å². The molecule has 7 heteroatoms. The molecule has 1 N–H and O–H groups in total. The highest BCUT2D eigenvalue weighted by molar-refractivity contribution is 9.11. The summed E-state index contributed by atoms with van der Waals surface area (Å²) < 4.78 is 11.9. The standard InChI is InChI=1S/C17H16Br2N2O3/c1-23-13-5-3-11(4-6-13)9-16(22)21-20-10-12-7-14(18)17(24-2)15(19)8-12/h3-8,10H,9H2,1-2H3,(H,21,22)/b20-10-. The van der Waals surface area contributed by atoms with Crippen molar-refractivity contribution in [2.75, 3.05) is 14.2 Å². The minimum absolute atomic E-state index is 0.192. The highest BCUT2D eigenvalue weighted by Gasteiger charge is 2.07. The Bertz CT molecular complexity index is 723. The highest BCUT2D eigenvalue weighted by atomic mass is 79.9. The fourth-order valence-electron chi connectivity index (χ4n) is 2.00. The predicted molar refractivity (Wildman–Crippen MR) is 101 cm³/mol. The minimum Gasteiger partial charge on any atom is -0.497 e. The summed E-state index contributed by atoms with van der Waals surface area (Å²) in [5.41, 5.74) is 4.22. The topological polar surface area (TPSA) is 59.9 Å². The third-order valence-electron chi connectivity index (χ3n) is 3.15. The van der Waals surface area contributed by atoms with Gasteiger partial charge in [0, 0.05) is 0 Å². The summed E-state index contributed by atoms with van der Waals surface area (Å²) >= 11 is 6.84. The number of ether oxygens (including phenoxy) is 2. The van der Waals surface area contributed by atoms with E-state index in [1.54, 1.807) is 20.4 Å². The fourth-order valence-corrected chi connectivity index (χ4v) is 3.54. The summed E-state index contributed by atoms with van der Waals surface area (Å²) in [4.78, 5) is 11.9. The van der Waals surface area contributed by atoms with Crippen LogP contribution in [-0.4, -0.2) is 26.3 Å². The summed E-state index contributed by atoms with van der Waals surface area (Å²) in [6.45, 7) is 0. The van der Waals surface area contributed by atoms with Crippen LogP contribution in [0.4, 0.5) is 0 Å². The number of hydrazone groups is 1. The molecule has 0 aromatic heterocycles. The summed E-state index contributed by atoms with van der Waals surface area (Å²) in [7, 11) is 3.20. The lowest BCUT2D eigenvalue weighted by molar-refractivity contribution is -0.120. The normalized spacial score (nSPS) is 10.7. The first-order chi connectivity index (χ1) is 11.5. The minimum atomic E-state index is -0.192. The van der Waals surface area contributed by atoms with Crippen LogP contribution in [0.5, 0.6) is 11.5 Å². The molecule has 24 heavy (non-hydrogen) atoms. The predicted octanol–water partition coefficient (Wildman–Crippen LogP) is 3.92. The third kappa shape index (κ3) is 5.07. The van der Waals surface area contributed by atoms with Crippen molar-refractivity contribution in [3.05, 3.63) is 56.5 Å². The van der Waals surface area contributed by atoms with Crippen LogP contribution in [-0.2, 0) is 11.2 Å². The van der Waals surface area contributed by atoms with Gasteiger partial charge >= 0.3 is 0 Å². The summed E-state index contributed by atoms with van der Waals surface area (Å²) in [5.74, 6) is 1.27. The molecule has 0 radical (unpaired) electrons. The molecule has 0 spiro atoms. The molecular formula is C17H16Br2N2O3. The smallest absolute Gasteiger partial charge is 0.244 e. The van der Waals surface area contributed by atoms with Crippen molar-refractivity contribution in [1.29, 1.82) is 0 Å². The maximum Gasteiger partial charge on any atom is 0.244 e. The fraction of sp³-hybridized carbons (Fsp3) is 0.176. The van der Waals surface area contributed by atoms with Gasteiger partial charge in [-0.25, -0.2) is 5.43 Å². The Hall–Kier alpha value is -1.86. The van der Waals surface area contributed by atoms with Gasteiger partial charge in [-0.3, -0.25) is 4.79 Å². The summed E-state index contributed by atoms with van der Waals surface area (Å²) in [5, 5.41) is 3.98. The lowest BCUT2D eigenvalue weighted by Crippen LogP contribution is -2.19. The van der Waals surface area contributed by atoms with Crippen molar-refractivity contribution in [3.8, 4) is 11.5 Å². The maximum atomic E-state index is 11.9. The first kappa shape index (κ1) is 18.5. The maximum absolute atomic E-state index is 11.9. The van der Waals surface area contributed by atoms with E-state index in [4.69, 9.17) is 9.47 Å². The molecular weight excluding hydrogens is 440 g/mol. The monoisotopic (exact) mass is 454 g/mol. The van der Waals surface area contributed by atoms with E-state index in [1.807, 2.05) is 36.4 Å². The summed E-state index contributed by atoms with van der Waals surface area (Å²) in [6, 6.07) is 11.0. The first-order valence-corrected chi connectivity index (χ1v) is 8.60. The van der Waals surface area contributed by atoms with Gasteiger partial charge in [0.05, 0.1) is 35.8 Å². The number of benzene rings is 2. The van der Waals surface area contributed by atoms with Crippen LogP contribution < -0.4 is 14.9 Å². The van der Waals surface area contributed by atoms with E-state index in [2.05, 4.69) is 42.4 Å². The number of rotatable bonds is 6. The number of nitrogens with one attached hydrogen (secondary N) is 1. The Morgan fingerprint density at radius 3 is 2.29 bits per heavy atom. The molecule has 2 rings (SSSR count). The van der Waals surface area contributed by atoms with Gasteiger partial charge in [-0.15, -0.1) is 0 Å². The van der Waals surface area contributed by atoms with E-state index < -0.39 is 0 Å². The highest BCUT2D eigenvalue weighted by Crippen LogP contribution is 2.33. The number of amides is 1. The third-order valence-corrected chi connectivity index (χ3v) is 4.33. The number of carbonyl (C=O) groups excluding carboxylic acids is 1. The van der Waals surface area contributed by atoms with Gasteiger partial charge in [-0.2, -0.15) is 5.10 Å². The zero-order chi connectivity index (χ0) is 17.5. The van der Waals surface area contributed by atoms with Crippen LogP contribution in [0, 0.1) is 0 Å². The zero-order valence-corrected chi connectivity index (χ0v) is 16.3. The number of nitrogens with zero attached hydrogens (tertiary/aromatic N) is 1. The molecule has 0 aliphatic heterocycles.